The Hall–Kier alpha value is -2.97. The Morgan fingerprint density at radius 1 is 1.12 bits per heavy atom. The number of benzene rings is 1. The van der Waals surface area contributed by atoms with E-state index >= 15 is 0 Å². The van der Waals surface area contributed by atoms with E-state index < -0.39 is 17.0 Å². The van der Waals surface area contributed by atoms with Gasteiger partial charge in [-0.25, -0.2) is 9.78 Å². The van der Waals surface area contributed by atoms with Gasteiger partial charge in [0.1, 0.15) is 23.6 Å². The van der Waals surface area contributed by atoms with E-state index in [0.29, 0.717) is 39.2 Å². The molecule has 0 radical (unpaired) electrons. The van der Waals surface area contributed by atoms with Crippen molar-refractivity contribution in [2.75, 3.05) is 33.4 Å². The molecule has 2 heterocycles. The van der Waals surface area contributed by atoms with E-state index in [1.807, 2.05) is 37.4 Å². The topological polar surface area (TPSA) is 101 Å². The van der Waals surface area contributed by atoms with Crippen molar-refractivity contribution >= 4 is 11.9 Å². The van der Waals surface area contributed by atoms with Crippen LogP contribution in [0.4, 0.5) is 0 Å². The first-order chi connectivity index (χ1) is 15.5. The van der Waals surface area contributed by atoms with Gasteiger partial charge in [-0.05, 0) is 56.5 Å². The second-order valence-electron chi connectivity index (χ2n) is 8.50. The average molecular weight is 440 g/mol. The van der Waals surface area contributed by atoms with Crippen molar-refractivity contribution < 1.29 is 24.2 Å². The van der Waals surface area contributed by atoms with E-state index in [1.165, 1.54) is 6.07 Å². The number of hydrogen-bond acceptors (Lipinski definition) is 6. The summed E-state index contributed by atoms with van der Waals surface area (Å²) < 4.78 is 11.4. The van der Waals surface area contributed by atoms with Crippen LogP contribution in [0.3, 0.4) is 0 Å². The van der Waals surface area contributed by atoms with E-state index in [2.05, 4.69) is 15.2 Å². The van der Waals surface area contributed by atoms with Gasteiger partial charge < -0.3 is 19.9 Å². The molecule has 0 atom stereocenters. The smallest absolute Gasteiger partial charge is 0.354 e. The fourth-order valence-corrected chi connectivity index (χ4v) is 4.27. The highest BCUT2D eigenvalue weighted by molar-refractivity contribution is 5.88. The lowest BCUT2D eigenvalue weighted by Gasteiger charge is -2.43. The largest absolute Gasteiger partial charge is 0.492 e. The summed E-state index contributed by atoms with van der Waals surface area (Å²) in [5, 5.41) is 12.4. The van der Waals surface area contributed by atoms with Gasteiger partial charge >= 0.3 is 5.97 Å². The van der Waals surface area contributed by atoms with Crippen molar-refractivity contribution in [2.24, 2.45) is 0 Å². The van der Waals surface area contributed by atoms with Crippen LogP contribution in [0.25, 0.3) is 0 Å². The summed E-state index contributed by atoms with van der Waals surface area (Å²) >= 11 is 0. The summed E-state index contributed by atoms with van der Waals surface area (Å²) in [5.74, 6) is -0.283. The molecule has 0 spiro atoms. The highest BCUT2D eigenvalue weighted by Crippen LogP contribution is 2.46. The molecule has 1 aromatic carbocycles. The fraction of sp³-hybridized carbons (Fsp3) is 0.458. The molecular formula is C24H29N3O5. The van der Waals surface area contributed by atoms with Gasteiger partial charge in [0.15, 0.2) is 0 Å². The predicted molar refractivity (Wildman–Crippen MR) is 118 cm³/mol. The standard InChI is InChI=1S/C24H29N3O5/c1-27(13-16-32-19-5-3-2-4-6-19)24(11-14-31-15-12-24)22(30)26-23(9-10-23)18-7-8-20(21(28)29)25-17-18/h2-8,17H,9-16H2,1H3,(H,26,30)(H,28,29). The number of carbonyl (C=O) groups is 2. The number of nitrogens with zero attached hydrogens (tertiary/aromatic N) is 2. The van der Waals surface area contributed by atoms with Gasteiger partial charge in [0.05, 0.1) is 5.54 Å². The molecule has 8 heteroatoms. The average Bonchev–Trinajstić information content (AvgIpc) is 3.60. The van der Waals surface area contributed by atoms with Crippen LogP contribution in [0.5, 0.6) is 5.75 Å². The van der Waals surface area contributed by atoms with Gasteiger partial charge in [-0.3, -0.25) is 9.69 Å². The number of carboxylic acid groups (broad SMARTS) is 1. The van der Waals surface area contributed by atoms with Gasteiger partial charge in [-0.2, -0.15) is 0 Å². The van der Waals surface area contributed by atoms with E-state index in [9.17, 15) is 9.59 Å². The van der Waals surface area contributed by atoms with Crippen LogP contribution in [0.15, 0.2) is 48.7 Å². The van der Waals surface area contributed by atoms with Crippen molar-refractivity contribution in [2.45, 2.75) is 36.8 Å². The molecule has 1 aliphatic heterocycles. The van der Waals surface area contributed by atoms with Crippen molar-refractivity contribution in [1.29, 1.82) is 0 Å². The van der Waals surface area contributed by atoms with Crippen molar-refractivity contribution in [3.05, 3.63) is 59.9 Å². The molecule has 2 aromatic rings. The SMILES string of the molecule is CN(CCOc1ccccc1)C1(C(=O)NC2(c3ccc(C(=O)O)nc3)CC2)CCOCC1. The van der Waals surface area contributed by atoms with Crippen LogP contribution >= 0.6 is 0 Å². The Labute approximate surface area is 187 Å². The number of amides is 1. The number of hydrogen-bond donors (Lipinski definition) is 2. The summed E-state index contributed by atoms with van der Waals surface area (Å²) in [7, 11) is 1.96. The van der Waals surface area contributed by atoms with Crippen LogP contribution in [-0.4, -0.2) is 65.8 Å². The fourth-order valence-electron chi connectivity index (χ4n) is 4.27. The summed E-state index contributed by atoms with van der Waals surface area (Å²) in [4.78, 5) is 30.8. The zero-order valence-electron chi connectivity index (χ0n) is 18.3. The first-order valence-electron chi connectivity index (χ1n) is 10.9. The Balaban J connectivity index is 1.44. The number of pyridine rings is 1. The van der Waals surface area contributed by atoms with Gasteiger partial charge in [0, 0.05) is 26.0 Å². The zero-order valence-corrected chi connectivity index (χ0v) is 18.3. The minimum atomic E-state index is -1.06. The van der Waals surface area contributed by atoms with Crippen LogP contribution in [-0.2, 0) is 15.1 Å². The summed E-state index contributed by atoms with van der Waals surface area (Å²) in [6, 6.07) is 12.9. The van der Waals surface area contributed by atoms with Crippen LogP contribution < -0.4 is 10.1 Å². The van der Waals surface area contributed by atoms with Gasteiger partial charge in [0.2, 0.25) is 5.91 Å². The van der Waals surface area contributed by atoms with E-state index in [4.69, 9.17) is 14.6 Å². The molecule has 4 rings (SSSR count). The molecular weight excluding hydrogens is 410 g/mol. The first-order valence-corrected chi connectivity index (χ1v) is 10.9. The first kappa shape index (κ1) is 22.2. The zero-order chi connectivity index (χ0) is 22.6. The van der Waals surface area contributed by atoms with Gasteiger partial charge in [0.25, 0.3) is 0 Å². The molecule has 1 saturated heterocycles. The minimum absolute atomic E-state index is 0.00470. The minimum Gasteiger partial charge on any atom is -0.492 e. The lowest BCUT2D eigenvalue weighted by molar-refractivity contribution is -0.140. The van der Waals surface area contributed by atoms with Crippen LogP contribution in [0.2, 0.25) is 0 Å². The lowest BCUT2D eigenvalue weighted by Crippen LogP contribution is -2.62. The number of nitrogens with one attached hydrogen (secondary N) is 1. The molecule has 32 heavy (non-hydrogen) atoms. The summed E-state index contributed by atoms with van der Waals surface area (Å²) in [6.45, 7) is 2.13. The molecule has 2 aliphatic rings. The number of likely N-dealkylation sites (N-methyl/N-ethyl adjacent to an activating group) is 1. The molecule has 170 valence electrons. The maximum Gasteiger partial charge on any atom is 0.354 e. The summed E-state index contributed by atoms with van der Waals surface area (Å²) in [6.07, 6.45) is 4.38. The number of rotatable bonds is 9. The van der Waals surface area contributed by atoms with Crippen molar-refractivity contribution in [3.8, 4) is 5.75 Å². The highest BCUT2D eigenvalue weighted by Gasteiger charge is 2.51. The third kappa shape index (κ3) is 4.61. The number of carboxylic acids is 1. The number of carbonyl (C=O) groups excluding carboxylic acids is 1. The monoisotopic (exact) mass is 439 g/mol. The number of aromatic carboxylic acids is 1. The molecule has 1 saturated carbocycles. The number of aromatic nitrogens is 1. The predicted octanol–water partition coefficient (Wildman–Crippen LogP) is 2.45. The van der Waals surface area contributed by atoms with Crippen LogP contribution in [0, 0.1) is 0 Å². The normalized spacial score (nSPS) is 18.7. The Morgan fingerprint density at radius 2 is 1.84 bits per heavy atom. The van der Waals surface area contributed by atoms with Crippen molar-refractivity contribution in [3.63, 3.8) is 0 Å². The van der Waals surface area contributed by atoms with Gasteiger partial charge in [-0.15, -0.1) is 0 Å². The number of ether oxygens (including phenoxy) is 2. The van der Waals surface area contributed by atoms with Gasteiger partial charge in [-0.1, -0.05) is 24.3 Å². The third-order valence-electron chi connectivity index (χ3n) is 6.55. The Morgan fingerprint density at radius 3 is 2.44 bits per heavy atom. The Kier molecular flexibility index (Phi) is 6.43. The third-order valence-corrected chi connectivity index (χ3v) is 6.55. The Bertz CT molecular complexity index is 938. The van der Waals surface area contributed by atoms with Crippen LogP contribution in [0.1, 0.15) is 41.7 Å². The molecule has 1 aliphatic carbocycles. The second kappa shape index (κ2) is 9.26. The van der Waals surface area contributed by atoms with E-state index in [0.717, 1.165) is 24.2 Å². The molecule has 1 aromatic heterocycles. The molecule has 2 N–H and O–H groups in total. The molecule has 1 amide bonds. The highest BCUT2D eigenvalue weighted by atomic mass is 16.5. The molecule has 0 bridgehead atoms. The number of para-hydroxylation sites is 1. The van der Waals surface area contributed by atoms with E-state index in [1.54, 1.807) is 12.3 Å². The molecule has 2 fully saturated rings. The molecule has 0 unspecified atom stereocenters. The lowest BCUT2D eigenvalue weighted by atomic mass is 9.86. The maximum absolute atomic E-state index is 13.6. The second-order valence-corrected chi connectivity index (χ2v) is 8.50. The summed E-state index contributed by atoms with van der Waals surface area (Å²) in [5.41, 5.74) is -0.320. The van der Waals surface area contributed by atoms with E-state index in [-0.39, 0.29) is 11.6 Å². The maximum atomic E-state index is 13.6. The quantitative estimate of drug-likeness (QED) is 0.619. The molecule has 8 nitrogen and oxygen atoms in total. The van der Waals surface area contributed by atoms with Crippen molar-refractivity contribution in [1.82, 2.24) is 15.2 Å².